The van der Waals surface area contributed by atoms with Crippen molar-refractivity contribution < 1.29 is 19.2 Å². The fraction of sp³-hybridized carbons (Fsp3) is 0.375. The molecule has 3 rings (SSSR count). The molecule has 8 heteroatoms. The molecule has 2 aliphatic rings. The van der Waals surface area contributed by atoms with Crippen molar-refractivity contribution in [2.75, 3.05) is 0 Å². The number of fused-ring (bicyclic) bond motifs is 1. The zero-order valence-corrected chi connectivity index (χ0v) is 14.0. The first kappa shape index (κ1) is 16.5. The topological polar surface area (TPSA) is 89.8 Å². The number of esters is 1. The van der Waals surface area contributed by atoms with Crippen LogP contribution in [0.25, 0.3) is 0 Å². The van der Waals surface area contributed by atoms with Crippen LogP contribution in [0.2, 0.25) is 0 Å². The summed E-state index contributed by atoms with van der Waals surface area (Å²) < 4.78 is 5.28. The third kappa shape index (κ3) is 2.66. The van der Waals surface area contributed by atoms with E-state index >= 15 is 0 Å². The van der Waals surface area contributed by atoms with Gasteiger partial charge in [-0.15, -0.1) is 11.8 Å². The van der Waals surface area contributed by atoms with Crippen LogP contribution in [0.3, 0.4) is 0 Å². The van der Waals surface area contributed by atoms with E-state index in [9.17, 15) is 19.7 Å². The number of non-ortho nitro benzene ring substituents is 1. The van der Waals surface area contributed by atoms with Crippen molar-refractivity contribution >= 4 is 29.3 Å². The largest absolute Gasteiger partial charge is 0.456 e. The standard InChI is InChI=1S/C16H16N2O5S/c1-3-12-14(19)17-13(9(2)24-15(12)17)16(20)23-8-10-4-6-11(7-5-10)18(21)22/h4-7,12,15H,3,8H2,1-2H3/t12-,15+/m0/s1. The number of nitro benzene ring substituents is 1. The summed E-state index contributed by atoms with van der Waals surface area (Å²) in [6.45, 7) is 3.77. The van der Waals surface area contributed by atoms with E-state index in [-0.39, 0.29) is 29.5 Å². The quantitative estimate of drug-likeness (QED) is 0.352. The first-order valence-electron chi connectivity index (χ1n) is 7.55. The number of thioether (sulfide) groups is 1. The average Bonchev–Trinajstić information content (AvgIpc) is 2.86. The number of nitro groups is 1. The molecule has 0 radical (unpaired) electrons. The second-order valence-electron chi connectivity index (χ2n) is 5.64. The highest BCUT2D eigenvalue weighted by Crippen LogP contribution is 2.50. The van der Waals surface area contributed by atoms with Crippen molar-refractivity contribution in [1.29, 1.82) is 0 Å². The van der Waals surface area contributed by atoms with Crippen LogP contribution in [0, 0.1) is 16.0 Å². The van der Waals surface area contributed by atoms with E-state index < -0.39 is 10.9 Å². The van der Waals surface area contributed by atoms with Gasteiger partial charge in [-0.2, -0.15) is 0 Å². The number of carbonyl (C=O) groups is 2. The molecule has 126 valence electrons. The van der Waals surface area contributed by atoms with Crippen LogP contribution >= 0.6 is 11.8 Å². The smallest absolute Gasteiger partial charge is 0.356 e. The molecule has 0 aliphatic carbocycles. The summed E-state index contributed by atoms with van der Waals surface area (Å²) in [6, 6.07) is 5.81. The summed E-state index contributed by atoms with van der Waals surface area (Å²) in [5.41, 5.74) is 0.952. The van der Waals surface area contributed by atoms with Crippen molar-refractivity contribution in [1.82, 2.24) is 4.90 Å². The van der Waals surface area contributed by atoms with Gasteiger partial charge in [-0.25, -0.2) is 4.79 Å². The monoisotopic (exact) mass is 348 g/mol. The Hall–Kier alpha value is -2.35. The van der Waals surface area contributed by atoms with Gasteiger partial charge in [0, 0.05) is 17.0 Å². The maximum Gasteiger partial charge on any atom is 0.356 e. The Morgan fingerprint density at radius 2 is 2.04 bits per heavy atom. The lowest BCUT2D eigenvalue weighted by Crippen LogP contribution is -2.57. The number of allylic oxidation sites excluding steroid dienone is 1. The lowest BCUT2D eigenvalue weighted by molar-refractivity contribution is -0.384. The summed E-state index contributed by atoms with van der Waals surface area (Å²) in [4.78, 5) is 36.9. The first-order chi connectivity index (χ1) is 11.4. The van der Waals surface area contributed by atoms with Crippen molar-refractivity contribution in [3.05, 3.63) is 50.5 Å². The summed E-state index contributed by atoms with van der Waals surface area (Å²) in [6.07, 6.45) is 0.755. The predicted molar refractivity (Wildman–Crippen MR) is 87.6 cm³/mol. The molecule has 1 aromatic rings. The average molecular weight is 348 g/mol. The predicted octanol–water partition coefficient (Wildman–Crippen LogP) is 2.81. The number of benzene rings is 1. The van der Waals surface area contributed by atoms with Gasteiger partial charge in [0.1, 0.15) is 12.3 Å². The molecule has 0 saturated carbocycles. The summed E-state index contributed by atoms with van der Waals surface area (Å²) in [5.74, 6) is -0.609. The Bertz CT molecular complexity index is 743. The molecule has 0 bridgehead atoms. The van der Waals surface area contributed by atoms with Gasteiger partial charge in [0.05, 0.1) is 16.2 Å². The van der Waals surface area contributed by atoms with Gasteiger partial charge < -0.3 is 4.74 Å². The summed E-state index contributed by atoms with van der Waals surface area (Å²) in [7, 11) is 0. The normalized spacial score (nSPS) is 22.2. The molecule has 2 atom stereocenters. The first-order valence-corrected chi connectivity index (χ1v) is 8.43. The van der Waals surface area contributed by atoms with Gasteiger partial charge >= 0.3 is 5.97 Å². The Morgan fingerprint density at radius 1 is 1.38 bits per heavy atom. The summed E-state index contributed by atoms with van der Waals surface area (Å²) >= 11 is 1.52. The fourth-order valence-corrected chi connectivity index (χ4v) is 4.30. The van der Waals surface area contributed by atoms with Crippen LogP contribution in [-0.2, 0) is 20.9 Å². The van der Waals surface area contributed by atoms with Crippen LogP contribution in [0.5, 0.6) is 0 Å². The molecule has 1 saturated heterocycles. The maximum atomic E-state index is 12.3. The van der Waals surface area contributed by atoms with Crippen molar-refractivity contribution in [3.8, 4) is 0 Å². The fourth-order valence-electron chi connectivity index (χ4n) is 2.85. The molecule has 0 spiro atoms. The van der Waals surface area contributed by atoms with Gasteiger partial charge in [-0.3, -0.25) is 19.8 Å². The lowest BCUT2D eigenvalue weighted by Gasteiger charge is -2.42. The highest BCUT2D eigenvalue weighted by atomic mass is 32.2. The Balaban J connectivity index is 1.64. The van der Waals surface area contributed by atoms with Crippen molar-refractivity contribution in [2.24, 2.45) is 5.92 Å². The number of hydrogen-bond donors (Lipinski definition) is 0. The molecule has 7 nitrogen and oxygen atoms in total. The zero-order chi connectivity index (χ0) is 17.4. The molecule has 2 heterocycles. The minimum Gasteiger partial charge on any atom is -0.456 e. The highest BCUT2D eigenvalue weighted by Gasteiger charge is 2.54. The van der Waals surface area contributed by atoms with Gasteiger partial charge in [0.15, 0.2) is 0 Å². The van der Waals surface area contributed by atoms with E-state index in [0.29, 0.717) is 11.3 Å². The molecular formula is C16H16N2O5S. The van der Waals surface area contributed by atoms with Crippen LogP contribution in [0.15, 0.2) is 34.9 Å². The minimum absolute atomic E-state index is 0.00216. The maximum absolute atomic E-state index is 12.3. The lowest BCUT2D eigenvalue weighted by atomic mass is 9.94. The van der Waals surface area contributed by atoms with E-state index in [0.717, 1.165) is 11.3 Å². The van der Waals surface area contributed by atoms with E-state index in [2.05, 4.69) is 0 Å². The van der Waals surface area contributed by atoms with Crippen molar-refractivity contribution in [2.45, 2.75) is 32.2 Å². The second-order valence-corrected chi connectivity index (χ2v) is 6.97. The summed E-state index contributed by atoms with van der Waals surface area (Å²) in [5, 5.41) is 10.6. The number of ether oxygens (including phenoxy) is 1. The number of carbonyl (C=O) groups excluding carboxylic acids is 2. The van der Waals surface area contributed by atoms with Crippen LogP contribution in [-0.4, -0.2) is 27.1 Å². The van der Waals surface area contributed by atoms with E-state index in [1.165, 1.54) is 28.8 Å². The number of hydrogen-bond acceptors (Lipinski definition) is 6. The Kier molecular flexibility index (Phi) is 4.31. The molecule has 1 aromatic carbocycles. The van der Waals surface area contributed by atoms with Gasteiger partial charge in [0.2, 0.25) is 5.91 Å². The van der Waals surface area contributed by atoms with E-state index in [1.807, 2.05) is 13.8 Å². The third-order valence-electron chi connectivity index (χ3n) is 4.18. The minimum atomic E-state index is -0.538. The van der Waals surface area contributed by atoms with E-state index in [4.69, 9.17) is 4.74 Å². The molecule has 2 aliphatic heterocycles. The number of β-lactam (4-membered cyclic amide) rings is 1. The number of amides is 1. The molecule has 1 amide bonds. The van der Waals surface area contributed by atoms with Crippen LogP contribution in [0.1, 0.15) is 25.8 Å². The highest BCUT2D eigenvalue weighted by molar-refractivity contribution is 8.04. The Labute approximate surface area is 142 Å². The molecule has 0 unspecified atom stereocenters. The van der Waals surface area contributed by atoms with Crippen molar-refractivity contribution in [3.63, 3.8) is 0 Å². The second kappa shape index (κ2) is 6.27. The Morgan fingerprint density at radius 3 is 2.62 bits per heavy atom. The van der Waals surface area contributed by atoms with Gasteiger partial charge in [0.25, 0.3) is 5.69 Å². The third-order valence-corrected chi connectivity index (χ3v) is 5.50. The van der Waals surface area contributed by atoms with Crippen LogP contribution < -0.4 is 0 Å². The van der Waals surface area contributed by atoms with Crippen LogP contribution in [0.4, 0.5) is 5.69 Å². The molecule has 1 fully saturated rings. The van der Waals surface area contributed by atoms with Gasteiger partial charge in [-0.05, 0) is 31.0 Å². The van der Waals surface area contributed by atoms with Gasteiger partial charge in [-0.1, -0.05) is 6.92 Å². The number of nitrogens with zero attached hydrogens (tertiary/aromatic N) is 2. The zero-order valence-electron chi connectivity index (χ0n) is 13.2. The molecule has 24 heavy (non-hydrogen) atoms. The SMILES string of the molecule is CC[C@H]1C(=O)N2C(C(=O)OCc3ccc([N+](=O)[O-])cc3)=C(C)S[C@H]12. The molecule has 0 N–H and O–H groups in total. The molecular weight excluding hydrogens is 332 g/mol. The van der Waals surface area contributed by atoms with E-state index in [1.54, 1.807) is 12.1 Å². The molecule has 0 aromatic heterocycles. The number of rotatable bonds is 5.